The minimum absolute atomic E-state index is 0.109. The van der Waals surface area contributed by atoms with Gasteiger partial charge in [0.15, 0.2) is 5.96 Å². The zero-order valence-corrected chi connectivity index (χ0v) is 16.3. The number of amides is 1. The number of carbonyl (C=O) groups is 1. The van der Waals surface area contributed by atoms with Gasteiger partial charge in [-0.1, -0.05) is 13.8 Å². The van der Waals surface area contributed by atoms with E-state index >= 15 is 0 Å². The van der Waals surface area contributed by atoms with E-state index in [2.05, 4.69) is 39.3 Å². The lowest BCUT2D eigenvalue weighted by Crippen LogP contribution is -2.55. The van der Waals surface area contributed by atoms with Crippen molar-refractivity contribution in [1.82, 2.24) is 20.4 Å². The highest BCUT2D eigenvalue weighted by Gasteiger charge is 2.33. The molecule has 0 radical (unpaired) electrons. The van der Waals surface area contributed by atoms with Crippen molar-refractivity contribution >= 4 is 12.1 Å². The van der Waals surface area contributed by atoms with Gasteiger partial charge in [0.25, 0.3) is 0 Å². The summed E-state index contributed by atoms with van der Waals surface area (Å²) in [7, 11) is 1.83. The maximum atomic E-state index is 11.7. The Labute approximate surface area is 152 Å². The van der Waals surface area contributed by atoms with Gasteiger partial charge in [0, 0.05) is 46.3 Å². The van der Waals surface area contributed by atoms with Gasteiger partial charge in [-0.15, -0.1) is 0 Å². The number of carbonyl (C=O) groups excluding carboxylic acids is 1. The molecule has 2 rings (SSSR count). The van der Waals surface area contributed by atoms with Crippen LogP contribution in [0.15, 0.2) is 4.99 Å². The van der Waals surface area contributed by atoms with Crippen LogP contribution in [0.4, 0.5) is 4.79 Å². The van der Waals surface area contributed by atoms with Crippen LogP contribution in [0.3, 0.4) is 0 Å². The smallest absolute Gasteiger partial charge is 0.407 e. The van der Waals surface area contributed by atoms with E-state index in [1.165, 1.54) is 12.8 Å². The van der Waals surface area contributed by atoms with Crippen molar-refractivity contribution in [2.24, 2.45) is 16.8 Å². The molecule has 1 atom stereocenters. The predicted molar refractivity (Wildman–Crippen MR) is 101 cm³/mol. The SMILES string of the molecule is CCOC(=O)NC(CNC(=NC)N1CCN(CC(C)C)CC1)C1CC1. The van der Waals surface area contributed by atoms with Gasteiger partial charge in [-0.3, -0.25) is 9.89 Å². The second-order valence-corrected chi connectivity index (χ2v) is 7.42. The summed E-state index contributed by atoms with van der Waals surface area (Å²) in [6, 6.07) is 0.109. The zero-order valence-electron chi connectivity index (χ0n) is 16.3. The van der Waals surface area contributed by atoms with E-state index in [0.29, 0.717) is 25.0 Å². The van der Waals surface area contributed by atoms with Crippen molar-refractivity contribution in [2.45, 2.75) is 39.7 Å². The summed E-state index contributed by atoms with van der Waals surface area (Å²) in [6.45, 7) is 12.7. The Morgan fingerprint density at radius 1 is 1.24 bits per heavy atom. The van der Waals surface area contributed by atoms with Gasteiger partial charge in [-0.2, -0.15) is 0 Å². The number of nitrogens with one attached hydrogen (secondary N) is 2. The minimum atomic E-state index is -0.321. The van der Waals surface area contributed by atoms with Crippen molar-refractivity contribution in [3.8, 4) is 0 Å². The predicted octanol–water partition coefficient (Wildman–Crippen LogP) is 1.36. The van der Waals surface area contributed by atoms with Gasteiger partial charge in [0.1, 0.15) is 0 Å². The first-order chi connectivity index (χ1) is 12.0. The van der Waals surface area contributed by atoms with Gasteiger partial charge in [-0.25, -0.2) is 4.79 Å². The zero-order chi connectivity index (χ0) is 18.2. The Morgan fingerprint density at radius 3 is 2.44 bits per heavy atom. The number of piperazine rings is 1. The van der Waals surface area contributed by atoms with Crippen LogP contribution in [-0.2, 0) is 4.74 Å². The van der Waals surface area contributed by atoms with Crippen molar-refractivity contribution in [3.05, 3.63) is 0 Å². The Hall–Kier alpha value is -1.50. The summed E-state index contributed by atoms with van der Waals surface area (Å²) >= 11 is 0. The number of alkyl carbamates (subject to hydrolysis) is 1. The van der Waals surface area contributed by atoms with Crippen LogP contribution in [0.2, 0.25) is 0 Å². The number of nitrogens with zero attached hydrogens (tertiary/aromatic N) is 3. The van der Waals surface area contributed by atoms with E-state index in [9.17, 15) is 4.79 Å². The molecule has 25 heavy (non-hydrogen) atoms. The number of rotatable bonds is 7. The van der Waals surface area contributed by atoms with Gasteiger partial charge in [0.05, 0.1) is 12.6 Å². The Bertz CT molecular complexity index is 443. The Morgan fingerprint density at radius 2 is 1.92 bits per heavy atom. The van der Waals surface area contributed by atoms with Crippen LogP contribution in [0.25, 0.3) is 0 Å². The average molecular weight is 354 g/mol. The highest BCUT2D eigenvalue weighted by molar-refractivity contribution is 5.80. The molecule has 1 saturated heterocycles. The van der Waals surface area contributed by atoms with Gasteiger partial charge < -0.3 is 20.3 Å². The fourth-order valence-electron chi connectivity index (χ4n) is 3.35. The quantitative estimate of drug-likeness (QED) is 0.534. The van der Waals surface area contributed by atoms with Crippen molar-refractivity contribution in [3.63, 3.8) is 0 Å². The van der Waals surface area contributed by atoms with Crippen LogP contribution in [0, 0.1) is 11.8 Å². The average Bonchev–Trinajstić information content (AvgIpc) is 3.40. The molecular weight excluding hydrogens is 318 g/mol. The van der Waals surface area contributed by atoms with E-state index < -0.39 is 0 Å². The largest absolute Gasteiger partial charge is 0.450 e. The molecule has 0 aromatic heterocycles. The van der Waals surface area contributed by atoms with Crippen LogP contribution in [0.1, 0.15) is 33.6 Å². The molecule has 0 aromatic rings. The lowest BCUT2D eigenvalue weighted by Gasteiger charge is -2.37. The Kier molecular flexibility index (Phi) is 7.81. The Balaban J connectivity index is 1.78. The highest BCUT2D eigenvalue weighted by atomic mass is 16.5. The second-order valence-electron chi connectivity index (χ2n) is 7.42. The normalized spacial score (nSPS) is 20.5. The number of hydrogen-bond donors (Lipinski definition) is 2. The summed E-state index contributed by atoms with van der Waals surface area (Å²) in [5.74, 6) is 2.19. The molecule has 1 unspecified atom stereocenters. The third kappa shape index (κ3) is 6.72. The molecule has 2 fully saturated rings. The van der Waals surface area contributed by atoms with Gasteiger partial charge in [-0.05, 0) is 31.6 Å². The molecule has 7 nitrogen and oxygen atoms in total. The lowest BCUT2D eigenvalue weighted by atomic mass is 10.2. The maximum Gasteiger partial charge on any atom is 0.407 e. The summed E-state index contributed by atoms with van der Waals surface area (Å²) in [5, 5.41) is 6.44. The first-order valence-corrected chi connectivity index (χ1v) is 9.64. The first-order valence-electron chi connectivity index (χ1n) is 9.64. The second kappa shape index (κ2) is 9.85. The third-order valence-corrected chi connectivity index (χ3v) is 4.76. The summed E-state index contributed by atoms with van der Waals surface area (Å²) < 4.78 is 5.02. The van der Waals surface area contributed by atoms with Crippen LogP contribution < -0.4 is 10.6 Å². The van der Waals surface area contributed by atoms with E-state index in [1.807, 2.05) is 14.0 Å². The van der Waals surface area contributed by atoms with Crippen LogP contribution in [-0.4, -0.2) is 80.8 Å². The fourth-order valence-corrected chi connectivity index (χ4v) is 3.35. The highest BCUT2D eigenvalue weighted by Crippen LogP contribution is 2.32. The van der Waals surface area contributed by atoms with E-state index in [0.717, 1.165) is 38.7 Å². The number of aliphatic imine (C=N–C) groups is 1. The van der Waals surface area contributed by atoms with Crippen molar-refractivity contribution in [2.75, 3.05) is 52.9 Å². The van der Waals surface area contributed by atoms with Crippen molar-refractivity contribution in [1.29, 1.82) is 0 Å². The molecule has 2 aliphatic rings. The summed E-state index contributed by atoms with van der Waals surface area (Å²) in [6.07, 6.45) is 2.02. The summed E-state index contributed by atoms with van der Waals surface area (Å²) in [4.78, 5) is 21.0. The van der Waals surface area contributed by atoms with E-state index in [-0.39, 0.29) is 12.1 Å². The molecule has 0 bridgehead atoms. The molecule has 7 heteroatoms. The molecule has 144 valence electrons. The molecule has 0 aromatic carbocycles. The first kappa shape index (κ1) is 19.8. The third-order valence-electron chi connectivity index (χ3n) is 4.76. The minimum Gasteiger partial charge on any atom is -0.450 e. The standard InChI is InChI=1S/C18H35N5O2/c1-5-25-18(24)21-16(15-6-7-15)12-20-17(19-4)23-10-8-22(9-11-23)13-14(2)3/h14-16H,5-13H2,1-4H3,(H,19,20)(H,21,24). The molecule has 1 heterocycles. The number of hydrogen-bond acceptors (Lipinski definition) is 4. The number of ether oxygens (including phenoxy) is 1. The van der Waals surface area contributed by atoms with Crippen molar-refractivity contribution < 1.29 is 9.53 Å². The topological polar surface area (TPSA) is 69.2 Å². The molecular formula is C18H35N5O2. The maximum absolute atomic E-state index is 11.7. The van der Waals surface area contributed by atoms with Crippen LogP contribution >= 0.6 is 0 Å². The molecule has 1 aliphatic heterocycles. The fraction of sp³-hybridized carbons (Fsp3) is 0.889. The summed E-state index contributed by atoms with van der Waals surface area (Å²) in [5.41, 5.74) is 0. The molecule has 1 saturated carbocycles. The molecule has 2 N–H and O–H groups in total. The van der Waals surface area contributed by atoms with Gasteiger partial charge >= 0.3 is 6.09 Å². The van der Waals surface area contributed by atoms with Gasteiger partial charge in [0.2, 0.25) is 0 Å². The van der Waals surface area contributed by atoms with Crippen LogP contribution in [0.5, 0.6) is 0 Å². The monoisotopic (exact) mass is 353 g/mol. The van der Waals surface area contributed by atoms with E-state index in [1.54, 1.807) is 0 Å². The molecule has 0 spiro atoms. The lowest BCUT2D eigenvalue weighted by molar-refractivity contribution is 0.146. The molecule has 1 aliphatic carbocycles. The van der Waals surface area contributed by atoms with E-state index in [4.69, 9.17) is 4.74 Å². The molecule has 1 amide bonds. The number of guanidine groups is 1.